The number of nitrogens with two attached hydrogens (primary N) is 1. The fourth-order valence-electron chi connectivity index (χ4n) is 2.07. The molecule has 0 saturated heterocycles. The highest BCUT2D eigenvalue weighted by atomic mass is 16.1. The van der Waals surface area contributed by atoms with E-state index in [1.54, 1.807) is 0 Å². The summed E-state index contributed by atoms with van der Waals surface area (Å²) < 4.78 is 0. The Morgan fingerprint density at radius 2 is 1.78 bits per heavy atom. The molecule has 0 aliphatic rings. The van der Waals surface area contributed by atoms with E-state index in [2.05, 4.69) is 6.92 Å². The minimum Gasteiger partial charge on any atom is -0.321 e. The smallest absolute Gasteiger partial charge is 0.149 e. The highest BCUT2D eigenvalue weighted by Crippen LogP contribution is 2.08. The highest BCUT2D eigenvalue weighted by Gasteiger charge is 2.13. The molecule has 2 heteroatoms. The van der Waals surface area contributed by atoms with E-state index in [9.17, 15) is 4.79 Å². The molecule has 0 bridgehead atoms. The summed E-state index contributed by atoms with van der Waals surface area (Å²) in [7, 11) is 0. The molecule has 0 amide bonds. The van der Waals surface area contributed by atoms with Gasteiger partial charge >= 0.3 is 0 Å². The maximum absolute atomic E-state index is 11.9. The van der Waals surface area contributed by atoms with Crippen LogP contribution in [0.5, 0.6) is 0 Å². The van der Waals surface area contributed by atoms with Crippen molar-refractivity contribution in [2.75, 3.05) is 0 Å². The van der Waals surface area contributed by atoms with Crippen molar-refractivity contribution in [2.24, 2.45) is 5.73 Å². The standard InChI is InChI=1S/C16H25NO/c1-2-3-4-5-9-12-16(18)15(17)13-14-10-7-6-8-11-14/h6-8,10-11,15H,2-5,9,12-13,17H2,1H3. The lowest BCUT2D eigenvalue weighted by atomic mass is 9.99. The molecule has 0 aliphatic heterocycles. The van der Waals surface area contributed by atoms with Crippen LogP contribution in [-0.2, 0) is 11.2 Å². The Bertz CT molecular complexity index is 334. The Kier molecular flexibility index (Phi) is 7.35. The van der Waals surface area contributed by atoms with Gasteiger partial charge in [0, 0.05) is 6.42 Å². The van der Waals surface area contributed by atoms with Crippen molar-refractivity contribution in [2.45, 2.75) is 57.9 Å². The fraction of sp³-hybridized carbons (Fsp3) is 0.562. The molecule has 0 spiro atoms. The van der Waals surface area contributed by atoms with Crippen LogP contribution in [0, 0.1) is 0 Å². The zero-order valence-electron chi connectivity index (χ0n) is 11.4. The summed E-state index contributed by atoms with van der Waals surface area (Å²) in [6.07, 6.45) is 7.18. The van der Waals surface area contributed by atoms with E-state index in [1.807, 2.05) is 30.3 Å². The number of carbonyl (C=O) groups excluding carboxylic acids is 1. The predicted molar refractivity (Wildman–Crippen MR) is 76.5 cm³/mol. The largest absolute Gasteiger partial charge is 0.321 e. The maximum atomic E-state index is 11.9. The minimum absolute atomic E-state index is 0.204. The van der Waals surface area contributed by atoms with Crippen molar-refractivity contribution < 1.29 is 4.79 Å². The van der Waals surface area contributed by atoms with Crippen LogP contribution in [-0.4, -0.2) is 11.8 Å². The van der Waals surface area contributed by atoms with Gasteiger partial charge in [-0.25, -0.2) is 0 Å². The summed E-state index contributed by atoms with van der Waals surface area (Å²) >= 11 is 0. The van der Waals surface area contributed by atoms with Crippen LogP contribution < -0.4 is 5.73 Å². The zero-order chi connectivity index (χ0) is 13.2. The van der Waals surface area contributed by atoms with Gasteiger partial charge in [0.1, 0.15) is 5.78 Å². The molecule has 18 heavy (non-hydrogen) atoms. The molecule has 0 heterocycles. The van der Waals surface area contributed by atoms with E-state index in [1.165, 1.54) is 19.3 Å². The summed E-state index contributed by atoms with van der Waals surface area (Å²) in [6, 6.07) is 9.65. The SMILES string of the molecule is CCCCCCCC(=O)C(N)Cc1ccccc1. The summed E-state index contributed by atoms with van der Waals surface area (Å²) in [5.74, 6) is 0.204. The second-order valence-corrected chi connectivity index (χ2v) is 4.93. The van der Waals surface area contributed by atoms with E-state index in [-0.39, 0.29) is 11.8 Å². The topological polar surface area (TPSA) is 43.1 Å². The van der Waals surface area contributed by atoms with E-state index >= 15 is 0 Å². The van der Waals surface area contributed by atoms with Crippen molar-refractivity contribution in [3.8, 4) is 0 Å². The molecule has 1 atom stereocenters. The van der Waals surface area contributed by atoms with Gasteiger partial charge in [0.15, 0.2) is 0 Å². The quantitative estimate of drug-likeness (QED) is 0.679. The molecule has 0 radical (unpaired) electrons. The van der Waals surface area contributed by atoms with E-state index in [4.69, 9.17) is 5.73 Å². The monoisotopic (exact) mass is 247 g/mol. The van der Waals surface area contributed by atoms with Crippen LogP contribution in [0.2, 0.25) is 0 Å². The van der Waals surface area contributed by atoms with Gasteiger partial charge in [-0.1, -0.05) is 62.9 Å². The van der Waals surface area contributed by atoms with Gasteiger partial charge in [-0.2, -0.15) is 0 Å². The molecule has 1 rings (SSSR count). The van der Waals surface area contributed by atoms with Crippen LogP contribution in [0.15, 0.2) is 30.3 Å². The van der Waals surface area contributed by atoms with Gasteiger partial charge < -0.3 is 5.73 Å². The molecule has 0 aliphatic carbocycles. The lowest BCUT2D eigenvalue weighted by molar-refractivity contribution is -0.120. The maximum Gasteiger partial charge on any atom is 0.149 e. The van der Waals surface area contributed by atoms with Crippen LogP contribution in [0.1, 0.15) is 51.0 Å². The van der Waals surface area contributed by atoms with Crippen LogP contribution in [0.25, 0.3) is 0 Å². The Balaban J connectivity index is 2.21. The lowest BCUT2D eigenvalue weighted by Gasteiger charge is -2.10. The third-order valence-corrected chi connectivity index (χ3v) is 3.24. The second-order valence-electron chi connectivity index (χ2n) is 4.93. The number of benzene rings is 1. The molecule has 1 aromatic carbocycles. The number of rotatable bonds is 9. The molecule has 1 aromatic rings. The lowest BCUT2D eigenvalue weighted by Crippen LogP contribution is -2.32. The van der Waals surface area contributed by atoms with Crippen molar-refractivity contribution >= 4 is 5.78 Å². The first-order valence-corrected chi connectivity index (χ1v) is 7.06. The van der Waals surface area contributed by atoms with E-state index in [0.717, 1.165) is 18.4 Å². The average Bonchev–Trinajstić information content (AvgIpc) is 2.39. The van der Waals surface area contributed by atoms with Gasteiger partial charge in [-0.05, 0) is 18.4 Å². The highest BCUT2D eigenvalue weighted by molar-refractivity contribution is 5.84. The number of unbranched alkanes of at least 4 members (excludes halogenated alkanes) is 4. The molecular weight excluding hydrogens is 222 g/mol. The molecule has 2 nitrogen and oxygen atoms in total. The predicted octanol–water partition coefficient (Wildman–Crippen LogP) is 3.49. The second kappa shape index (κ2) is 8.87. The first-order valence-electron chi connectivity index (χ1n) is 7.06. The fourth-order valence-corrected chi connectivity index (χ4v) is 2.07. The summed E-state index contributed by atoms with van der Waals surface area (Å²) in [6.45, 7) is 2.20. The molecule has 2 N–H and O–H groups in total. The van der Waals surface area contributed by atoms with Gasteiger partial charge in [0.2, 0.25) is 0 Å². The summed E-state index contributed by atoms with van der Waals surface area (Å²) in [4.78, 5) is 11.9. The Labute approximate surface area is 111 Å². The minimum atomic E-state index is -0.335. The average molecular weight is 247 g/mol. The number of Topliss-reactive ketones (excluding diaryl/α,β-unsaturated/α-hetero) is 1. The first kappa shape index (κ1) is 14.9. The Morgan fingerprint density at radius 3 is 2.44 bits per heavy atom. The van der Waals surface area contributed by atoms with Crippen LogP contribution in [0.3, 0.4) is 0 Å². The van der Waals surface area contributed by atoms with Crippen molar-refractivity contribution in [3.63, 3.8) is 0 Å². The van der Waals surface area contributed by atoms with Crippen molar-refractivity contribution in [3.05, 3.63) is 35.9 Å². The number of carbonyl (C=O) groups is 1. The molecule has 1 unspecified atom stereocenters. The van der Waals surface area contributed by atoms with E-state index in [0.29, 0.717) is 12.8 Å². The number of hydrogen-bond donors (Lipinski definition) is 1. The Morgan fingerprint density at radius 1 is 1.11 bits per heavy atom. The van der Waals surface area contributed by atoms with Gasteiger partial charge in [0.05, 0.1) is 6.04 Å². The zero-order valence-corrected chi connectivity index (χ0v) is 11.4. The third kappa shape index (κ3) is 5.97. The Hall–Kier alpha value is -1.15. The van der Waals surface area contributed by atoms with Gasteiger partial charge in [-0.15, -0.1) is 0 Å². The molecular formula is C16H25NO. The van der Waals surface area contributed by atoms with Crippen molar-refractivity contribution in [1.82, 2.24) is 0 Å². The molecule has 100 valence electrons. The van der Waals surface area contributed by atoms with Gasteiger partial charge in [-0.3, -0.25) is 4.79 Å². The molecule has 0 saturated carbocycles. The normalized spacial score (nSPS) is 12.3. The van der Waals surface area contributed by atoms with Crippen LogP contribution >= 0.6 is 0 Å². The molecule has 0 fully saturated rings. The molecule has 0 aromatic heterocycles. The summed E-state index contributed by atoms with van der Waals surface area (Å²) in [5.41, 5.74) is 7.08. The van der Waals surface area contributed by atoms with E-state index < -0.39 is 0 Å². The third-order valence-electron chi connectivity index (χ3n) is 3.24. The first-order chi connectivity index (χ1) is 8.74. The van der Waals surface area contributed by atoms with Gasteiger partial charge in [0.25, 0.3) is 0 Å². The summed E-state index contributed by atoms with van der Waals surface area (Å²) in [5, 5.41) is 0. The number of ketones is 1. The van der Waals surface area contributed by atoms with Crippen molar-refractivity contribution in [1.29, 1.82) is 0 Å². The number of hydrogen-bond acceptors (Lipinski definition) is 2. The van der Waals surface area contributed by atoms with Crippen LogP contribution in [0.4, 0.5) is 0 Å².